The van der Waals surface area contributed by atoms with Gasteiger partial charge in [-0.15, -0.1) is 0 Å². The number of methoxy groups -OCH3 is 1. The SMILES string of the molecule is COc1cc(C(=O)NC2CN(C)C2)ccc1Nc1ccc2c(n1)N(C1CCCCCC1)[C@H](C)C(=O)N2C. The Morgan fingerprint density at radius 3 is 2.46 bits per heavy atom. The van der Waals surface area contributed by atoms with E-state index in [1.165, 1.54) is 25.7 Å². The Kier molecular flexibility index (Phi) is 7.24. The van der Waals surface area contributed by atoms with E-state index in [9.17, 15) is 9.59 Å². The molecule has 9 heteroatoms. The van der Waals surface area contributed by atoms with Gasteiger partial charge in [0.25, 0.3) is 5.91 Å². The molecule has 2 fully saturated rings. The molecule has 0 bridgehead atoms. The predicted molar refractivity (Wildman–Crippen MR) is 146 cm³/mol. The van der Waals surface area contributed by atoms with E-state index >= 15 is 0 Å². The van der Waals surface area contributed by atoms with Gasteiger partial charge in [-0.1, -0.05) is 25.7 Å². The third-order valence-corrected chi connectivity index (χ3v) is 7.91. The van der Waals surface area contributed by atoms with E-state index < -0.39 is 0 Å². The number of likely N-dealkylation sites (tertiary alicyclic amines) is 1. The van der Waals surface area contributed by atoms with Gasteiger partial charge in [-0.25, -0.2) is 4.98 Å². The molecule has 1 saturated heterocycles. The molecule has 2 aromatic rings. The summed E-state index contributed by atoms with van der Waals surface area (Å²) in [5, 5.41) is 6.44. The highest BCUT2D eigenvalue weighted by Crippen LogP contribution is 2.39. The van der Waals surface area contributed by atoms with E-state index in [-0.39, 0.29) is 23.9 Å². The first-order valence-electron chi connectivity index (χ1n) is 13.4. The molecule has 37 heavy (non-hydrogen) atoms. The summed E-state index contributed by atoms with van der Waals surface area (Å²) >= 11 is 0. The number of nitrogens with zero attached hydrogens (tertiary/aromatic N) is 4. The van der Waals surface area contributed by atoms with E-state index in [0.717, 1.165) is 43.1 Å². The number of hydrogen-bond acceptors (Lipinski definition) is 7. The molecule has 3 aliphatic rings. The molecule has 198 valence electrons. The number of carbonyl (C=O) groups excluding carboxylic acids is 2. The number of benzene rings is 1. The van der Waals surface area contributed by atoms with E-state index in [4.69, 9.17) is 9.72 Å². The van der Waals surface area contributed by atoms with Crippen molar-refractivity contribution in [1.82, 2.24) is 15.2 Å². The lowest BCUT2D eigenvalue weighted by Crippen LogP contribution is -2.57. The number of carbonyl (C=O) groups is 2. The maximum atomic E-state index is 13.1. The van der Waals surface area contributed by atoms with Crippen LogP contribution in [-0.2, 0) is 4.79 Å². The van der Waals surface area contributed by atoms with Gasteiger partial charge in [0.15, 0.2) is 5.82 Å². The largest absolute Gasteiger partial charge is 0.495 e. The van der Waals surface area contributed by atoms with Crippen LogP contribution in [0.3, 0.4) is 0 Å². The molecule has 1 atom stereocenters. The first-order chi connectivity index (χ1) is 17.9. The van der Waals surface area contributed by atoms with Gasteiger partial charge in [0.1, 0.15) is 17.6 Å². The van der Waals surface area contributed by atoms with E-state index in [0.29, 0.717) is 23.2 Å². The molecule has 5 rings (SSSR count). The molecule has 0 unspecified atom stereocenters. The molecular formula is C28H38N6O3. The first kappa shape index (κ1) is 25.3. The second-order valence-electron chi connectivity index (χ2n) is 10.6. The fourth-order valence-electron chi connectivity index (χ4n) is 5.82. The van der Waals surface area contributed by atoms with E-state index in [1.54, 1.807) is 24.1 Å². The van der Waals surface area contributed by atoms with Crippen molar-refractivity contribution in [3.05, 3.63) is 35.9 Å². The summed E-state index contributed by atoms with van der Waals surface area (Å²) in [4.78, 5) is 36.9. The topological polar surface area (TPSA) is 90.0 Å². The zero-order chi connectivity index (χ0) is 26.1. The minimum atomic E-state index is -0.258. The highest BCUT2D eigenvalue weighted by molar-refractivity contribution is 6.04. The monoisotopic (exact) mass is 506 g/mol. The van der Waals surface area contributed by atoms with Crippen molar-refractivity contribution in [3.8, 4) is 5.75 Å². The number of likely N-dealkylation sites (N-methyl/N-ethyl adjacent to an activating group) is 2. The number of anilines is 4. The molecule has 1 aromatic heterocycles. The maximum absolute atomic E-state index is 13.1. The molecule has 2 aliphatic heterocycles. The summed E-state index contributed by atoms with van der Waals surface area (Å²) in [6, 6.07) is 9.48. The van der Waals surface area contributed by atoms with Crippen LogP contribution in [-0.4, -0.2) is 74.1 Å². The molecule has 1 aliphatic carbocycles. The van der Waals surface area contributed by atoms with Gasteiger partial charge in [0.05, 0.1) is 24.5 Å². The van der Waals surface area contributed by atoms with Gasteiger partial charge < -0.3 is 30.1 Å². The quantitative estimate of drug-likeness (QED) is 0.577. The Labute approximate surface area is 219 Å². The lowest BCUT2D eigenvalue weighted by Gasteiger charge is -2.43. The molecule has 1 saturated carbocycles. The van der Waals surface area contributed by atoms with Crippen molar-refractivity contribution >= 4 is 34.8 Å². The minimum Gasteiger partial charge on any atom is -0.495 e. The summed E-state index contributed by atoms with van der Waals surface area (Å²) in [7, 11) is 5.46. The van der Waals surface area contributed by atoms with Crippen LogP contribution in [0.4, 0.5) is 23.0 Å². The average molecular weight is 507 g/mol. The van der Waals surface area contributed by atoms with Gasteiger partial charge in [0, 0.05) is 31.7 Å². The van der Waals surface area contributed by atoms with Gasteiger partial charge in [0.2, 0.25) is 5.91 Å². The molecule has 2 N–H and O–H groups in total. The summed E-state index contributed by atoms with van der Waals surface area (Å²) in [6.07, 6.45) is 7.02. The number of rotatable bonds is 6. The highest BCUT2D eigenvalue weighted by Gasteiger charge is 2.38. The highest BCUT2D eigenvalue weighted by atomic mass is 16.5. The van der Waals surface area contributed by atoms with Gasteiger partial charge >= 0.3 is 0 Å². The second kappa shape index (κ2) is 10.6. The van der Waals surface area contributed by atoms with Crippen LogP contribution in [0.15, 0.2) is 30.3 Å². The van der Waals surface area contributed by atoms with Gasteiger partial charge in [-0.05, 0) is 57.1 Å². The Bertz CT molecular complexity index is 1160. The number of amides is 2. The van der Waals surface area contributed by atoms with Crippen LogP contribution in [0.1, 0.15) is 55.8 Å². The molecule has 0 spiro atoms. The number of aromatic nitrogens is 1. The van der Waals surface area contributed by atoms with Crippen molar-refractivity contribution < 1.29 is 14.3 Å². The fraction of sp³-hybridized carbons (Fsp3) is 0.536. The summed E-state index contributed by atoms with van der Waals surface area (Å²) in [6.45, 7) is 3.72. The Morgan fingerprint density at radius 2 is 1.78 bits per heavy atom. The lowest BCUT2D eigenvalue weighted by atomic mass is 10.0. The Morgan fingerprint density at radius 1 is 1.05 bits per heavy atom. The number of fused-ring (bicyclic) bond motifs is 1. The fourth-order valence-corrected chi connectivity index (χ4v) is 5.82. The van der Waals surface area contributed by atoms with Crippen LogP contribution < -0.4 is 25.2 Å². The molecule has 0 radical (unpaired) electrons. The molecule has 2 amide bonds. The van der Waals surface area contributed by atoms with Crippen LogP contribution >= 0.6 is 0 Å². The van der Waals surface area contributed by atoms with E-state index in [2.05, 4.69) is 20.4 Å². The summed E-state index contributed by atoms with van der Waals surface area (Å²) in [5.41, 5.74) is 2.12. The van der Waals surface area contributed by atoms with Gasteiger partial charge in [-0.3, -0.25) is 9.59 Å². The predicted octanol–water partition coefficient (Wildman–Crippen LogP) is 3.77. The summed E-state index contributed by atoms with van der Waals surface area (Å²) < 4.78 is 5.62. The molecule has 9 nitrogen and oxygen atoms in total. The van der Waals surface area contributed by atoms with Crippen LogP contribution in [0.5, 0.6) is 5.75 Å². The zero-order valence-corrected chi connectivity index (χ0v) is 22.3. The van der Waals surface area contributed by atoms with Crippen molar-refractivity contribution in [2.24, 2.45) is 0 Å². The number of pyridine rings is 1. The average Bonchev–Trinajstić information content (AvgIpc) is 3.16. The van der Waals surface area contributed by atoms with Crippen LogP contribution in [0.2, 0.25) is 0 Å². The number of ether oxygens (including phenoxy) is 1. The number of hydrogen-bond donors (Lipinski definition) is 2. The van der Waals surface area contributed by atoms with Crippen LogP contribution in [0.25, 0.3) is 0 Å². The van der Waals surface area contributed by atoms with Crippen molar-refractivity contribution in [2.75, 3.05) is 49.4 Å². The normalized spacial score (nSPS) is 21.2. The Balaban J connectivity index is 1.40. The smallest absolute Gasteiger partial charge is 0.251 e. The van der Waals surface area contributed by atoms with Gasteiger partial charge in [-0.2, -0.15) is 0 Å². The standard InChI is InChI=1S/C28H38N6O3/c1-18-28(36)33(3)23-13-14-25(31-26(23)34(18)21-9-7-5-6-8-10-21)30-22-12-11-19(15-24(22)37-4)27(35)29-20-16-32(2)17-20/h11-15,18,20-21H,5-10,16-17H2,1-4H3,(H,29,35)(H,30,31)/t18-/m1/s1. The van der Waals surface area contributed by atoms with E-state index in [1.807, 2.05) is 39.2 Å². The van der Waals surface area contributed by atoms with Crippen molar-refractivity contribution in [1.29, 1.82) is 0 Å². The Hall–Kier alpha value is -3.33. The second-order valence-corrected chi connectivity index (χ2v) is 10.6. The minimum absolute atomic E-state index is 0.100. The van der Waals surface area contributed by atoms with Crippen LogP contribution in [0, 0.1) is 0 Å². The zero-order valence-electron chi connectivity index (χ0n) is 22.3. The molecule has 1 aromatic carbocycles. The lowest BCUT2D eigenvalue weighted by molar-refractivity contribution is -0.119. The van der Waals surface area contributed by atoms with Crippen molar-refractivity contribution in [3.63, 3.8) is 0 Å². The summed E-state index contributed by atoms with van der Waals surface area (Å²) in [5.74, 6) is 2.07. The molecule has 3 heterocycles. The third kappa shape index (κ3) is 5.09. The third-order valence-electron chi connectivity index (χ3n) is 7.91. The molecular weight excluding hydrogens is 468 g/mol. The first-order valence-corrected chi connectivity index (χ1v) is 13.4. The number of nitrogens with one attached hydrogen (secondary N) is 2. The van der Waals surface area contributed by atoms with Crippen molar-refractivity contribution in [2.45, 2.75) is 63.6 Å². The maximum Gasteiger partial charge on any atom is 0.251 e.